The van der Waals surface area contributed by atoms with Crippen LogP contribution in [0.5, 0.6) is 0 Å². The van der Waals surface area contributed by atoms with Crippen LogP contribution in [0.2, 0.25) is 0 Å². The van der Waals surface area contributed by atoms with Crippen LogP contribution in [0.1, 0.15) is 17.5 Å². The Morgan fingerprint density at radius 1 is 0.867 bits per heavy atom. The van der Waals surface area contributed by atoms with Gasteiger partial charge in [0.25, 0.3) is 0 Å². The second-order valence-corrected chi connectivity index (χ2v) is 7.83. The minimum absolute atomic E-state index is 0.0235. The molecule has 0 amide bonds. The second kappa shape index (κ2) is 10.5. The third-order valence-corrected chi connectivity index (χ3v) is 5.69. The van der Waals surface area contributed by atoms with Gasteiger partial charge in [-0.15, -0.1) is 0 Å². The van der Waals surface area contributed by atoms with E-state index in [4.69, 9.17) is 23.7 Å². The van der Waals surface area contributed by atoms with Gasteiger partial charge >= 0.3 is 0 Å². The third kappa shape index (κ3) is 5.27. The number of ether oxygens (including phenoxy) is 5. The summed E-state index contributed by atoms with van der Waals surface area (Å²) in [6.45, 7) is 2.74. The average Bonchev–Trinajstić information content (AvgIpc) is 3.43. The molecule has 2 fully saturated rings. The molecule has 0 radical (unpaired) electrons. The molecule has 2 aliphatic heterocycles. The highest BCUT2D eigenvalue weighted by atomic mass is 16.8. The van der Waals surface area contributed by atoms with Gasteiger partial charge in [0.1, 0.15) is 12.7 Å². The number of hydrogen-bond donors (Lipinski definition) is 1. The van der Waals surface area contributed by atoms with Gasteiger partial charge in [-0.25, -0.2) is 0 Å². The van der Waals surface area contributed by atoms with Gasteiger partial charge in [-0.05, 0) is 17.5 Å². The zero-order chi connectivity index (χ0) is 20.7. The fraction of sp³-hybridized carbons (Fsp3) is 0.500. The van der Waals surface area contributed by atoms with Gasteiger partial charge in [0, 0.05) is 12.5 Å². The second-order valence-electron chi connectivity index (χ2n) is 7.83. The first kappa shape index (κ1) is 21.4. The summed E-state index contributed by atoms with van der Waals surface area (Å²) >= 11 is 0. The summed E-state index contributed by atoms with van der Waals surface area (Å²) in [5.41, 5.74) is 2.21. The lowest BCUT2D eigenvalue weighted by molar-refractivity contribution is -0.256. The van der Waals surface area contributed by atoms with E-state index in [1.54, 1.807) is 0 Å². The van der Waals surface area contributed by atoms with E-state index in [0.717, 1.165) is 11.1 Å². The van der Waals surface area contributed by atoms with Crippen molar-refractivity contribution in [2.45, 2.75) is 37.6 Å². The van der Waals surface area contributed by atoms with E-state index in [2.05, 4.69) is 0 Å². The topological polar surface area (TPSA) is 66.4 Å². The summed E-state index contributed by atoms with van der Waals surface area (Å²) in [7, 11) is 0. The quantitative estimate of drug-likeness (QED) is 0.645. The van der Waals surface area contributed by atoms with Crippen molar-refractivity contribution in [1.82, 2.24) is 0 Å². The Kier molecular flexibility index (Phi) is 7.49. The molecule has 2 aromatic rings. The van der Waals surface area contributed by atoms with Crippen LogP contribution in [0.25, 0.3) is 0 Å². The van der Waals surface area contributed by atoms with Gasteiger partial charge in [-0.2, -0.15) is 0 Å². The molecule has 0 unspecified atom stereocenters. The lowest BCUT2D eigenvalue weighted by atomic mass is 9.97. The molecule has 162 valence electrons. The van der Waals surface area contributed by atoms with Crippen molar-refractivity contribution in [1.29, 1.82) is 0 Å². The summed E-state index contributed by atoms with van der Waals surface area (Å²) < 4.78 is 30.1. The van der Waals surface area contributed by atoms with E-state index in [0.29, 0.717) is 39.5 Å². The molecule has 0 spiro atoms. The van der Waals surface area contributed by atoms with Crippen LogP contribution in [0.4, 0.5) is 0 Å². The van der Waals surface area contributed by atoms with Gasteiger partial charge in [-0.1, -0.05) is 60.7 Å². The fourth-order valence-electron chi connectivity index (χ4n) is 4.04. The van der Waals surface area contributed by atoms with Gasteiger partial charge in [0.2, 0.25) is 5.79 Å². The summed E-state index contributed by atoms with van der Waals surface area (Å²) in [6, 6.07) is 20.0. The number of rotatable bonds is 10. The summed E-state index contributed by atoms with van der Waals surface area (Å²) in [4.78, 5) is 0. The lowest BCUT2D eigenvalue weighted by Crippen LogP contribution is -2.48. The molecule has 2 aromatic carbocycles. The van der Waals surface area contributed by atoms with Crippen LogP contribution in [0, 0.1) is 5.92 Å². The molecular weight excluding hydrogens is 384 g/mol. The monoisotopic (exact) mass is 414 g/mol. The maximum absolute atomic E-state index is 9.87. The van der Waals surface area contributed by atoms with Crippen LogP contribution < -0.4 is 0 Å². The van der Waals surface area contributed by atoms with Gasteiger partial charge in [-0.3, -0.25) is 0 Å². The van der Waals surface area contributed by atoms with Gasteiger partial charge in [0.15, 0.2) is 0 Å². The Labute approximate surface area is 177 Å². The fourth-order valence-corrected chi connectivity index (χ4v) is 4.04. The van der Waals surface area contributed by atoms with Crippen LogP contribution >= 0.6 is 0 Å². The predicted molar refractivity (Wildman–Crippen MR) is 111 cm³/mol. The standard InChI is InChI=1S/C24H30O6/c25-14-21-13-23(30-22(21)17-26-15-19-7-3-1-4-8-19)24(28-11-12-29-24)18-27-16-20-9-5-2-6-10-20/h1-10,21-23,25H,11-18H2/t21-,22-,23-/m0/s1. The van der Waals surface area contributed by atoms with Crippen LogP contribution in [0.3, 0.4) is 0 Å². The van der Waals surface area contributed by atoms with Crippen LogP contribution in [0.15, 0.2) is 60.7 Å². The predicted octanol–water partition coefficient (Wildman–Crippen LogP) is 2.93. The van der Waals surface area contributed by atoms with Crippen molar-refractivity contribution in [2.75, 3.05) is 33.0 Å². The highest BCUT2D eigenvalue weighted by molar-refractivity contribution is 5.14. The molecule has 6 nitrogen and oxygen atoms in total. The number of benzene rings is 2. The van der Waals surface area contributed by atoms with Crippen molar-refractivity contribution >= 4 is 0 Å². The molecule has 0 aromatic heterocycles. The van der Waals surface area contributed by atoms with Crippen molar-refractivity contribution in [3.63, 3.8) is 0 Å². The number of hydrogen-bond acceptors (Lipinski definition) is 6. The Balaban J connectivity index is 1.32. The molecule has 6 heteroatoms. The normalized spacial score (nSPS) is 25.6. The molecule has 4 rings (SSSR count). The highest BCUT2D eigenvalue weighted by Gasteiger charge is 2.51. The molecule has 1 N–H and O–H groups in total. The average molecular weight is 414 g/mol. The molecular formula is C24H30O6. The molecule has 2 heterocycles. The zero-order valence-electron chi connectivity index (χ0n) is 17.2. The van der Waals surface area contributed by atoms with Crippen molar-refractivity contribution in [3.8, 4) is 0 Å². The van der Waals surface area contributed by atoms with E-state index in [9.17, 15) is 5.11 Å². The van der Waals surface area contributed by atoms with Crippen molar-refractivity contribution < 1.29 is 28.8 Å². The molecule has 0 aliphatic carbocycles. The maximum atomic E-state index is 9.87. The van der Waals surface area contributed by atoms with E-state index >= 15 is 0 Å². The van der Waals surface area contributed by atoms with Gasteiger partial charge < -0.3 is 28.8 Å². The smallest absolute Gasteiger partial charge is 0.219 e. The summed E-state index contributed by atoms with van der Waals surface area (Å²) in [5.74, 6) is -0.958. The highest BCUT2D eigenvalue weighted by Crippen LogP contribution is 2.38. The minimum atomic E-state index is -0.934. The Bertz CT molecular complexity index is 747. The Morgan fingerprint density at radius 2 is 1.47 bits per heavy atom. The maximum Gasteiger partial charge on any atom is 0.219 e. The minimum Gasteiger partial charge on any atom is -0.396 e. The first-order chi connectivity index (χ1) is 14.8. The molecule has 3 atom stereocenters. The molecule has 0 saturated carbocycles. The van der Waals surface area contributed by atoms with Crippen molar-refractivity contribution in [2.24, 2.45) is 5.92 Å². The van der Waals surface area contributed by atoms with E-state index in [1.807, 2.05) is 60.7 Å². The van der Waals surface area contributed by atoms with Gasteiger partial charge in [0.05, 0.1) is 39.1 Å². The number of aliphatic hydroxyl groups is 1. The summed E-state index contributed by atoms with van der Waals surface area (Å²) in [6.07, 6.45) is 0.130. The molecule has 0 bridgehead atoms. The lowest BCUT2D eigenvalue weighted by Gasteiger charge is -2.32. The van der Waals surface area contributed by atoms with Crippen molar-refractivity contribution in [3.05, 3.63) is 71.8 Å². The number of aliphatic hydroxyl groups excluding tert-OH is 1. The first-order valence-electron chi connectivity index (χ1n) is 10.6. The Morgan fingerprint density at radius 3 is 2.07 bits per heavy atom. The van der Waals surface area contributed by atoms with E-state index in [-0.39, 0.29) is 31.3 Å². The van der Waals surface area contributed by atoms with E-state index in [1.165, 1.54) is 0 Å². The van der Waals surface area contributed by atoms with Crippen LogP contribution in [-0.4, -0.2) is 56.1 Å². The SMILES string of the molecule is OC[C@@H]1C[C@@H](C2(COCc3ccccc3)OCCO2)O[C@H]1COCc1ccccc1. The molecule has 2 saturated heterocycles. The Hall–Kier alpha value is -1.80. The largest absolute Gasteiger partial charge is 0.396 e. The zero-order valence-corrected chi connectivity index (χ0v) is 17.2. The van der Waals surface area contributed by atoms with E-state index < -0.39 is 5.79 Å². The third-order valence-electron chi connectivity index (χ3n) is 5.69. The first-order valence-corrected chi connectivity index (χ1v) is 10.6. The summed E-state index contributed by atoms with van der Waals surface area (Å²) in [5, 5.41) is 9.87. The molecule has 30 heavy (non-hydrogen) atoms. The van der Waals surface area contributed by atoms with Crippen LogP contribution in [-0.2, 0) is 36.9 Å². The molecule has 2 aliphatic rings.